The summed E-state index contributed by atoms with van der Waals surface area (Å²) in [4.78, 5) is 71.7. The van der Waals surface area contributed by atoms with E-state index in [2.05, 4.69) is 27.7 Å². The van der Waals surface area contributed by atoms with Gasteiger partial charge in [-0.3, -0.25) is 37.3 Å². The van der Waals surface area contributed by atoms with Gasteiger partial charge in [0, 0.05) is 25.7 Å². The molecule has 0 aromatic carbocycles. The van der Waals surface area contributed by atoms with Crippen LogP contribution < -0.4 is 0 Å². The lowest BCUT2D eigenvalue weighted by Crippen LogP contribution is -2.30. The Morgan fingerprint density at radius 2 is 0.500 bits per heavy atom. The highest BCUT2D eigenvalue weighted by Crippen LogP contribution is 2.45. The van der Waals surface area contributed by atoms with Crippen LogP contribution in [0.25, 0.3) is 0 Å². The summed E-state index contributed by atoms with van der Waals surface area (Å²) < 4.78 is 67.6. The lowest BCUT2D eigenvalue weighted by Gasteiger charge is -2.21. The zero-order valence-electron chi connectivity index (χ0n) is 51.0. The van der Waals surface area contributed by atoms with E-state index >= 15 is 0 Å². The summed E-state index contributed by atoms with van der Waals surface area (Å²) in [6.45, 7) is 4.74. The van der Waals surface area contributed by atoms with Crippen LogP contribution >= 0.6 is 15.6 Å². The second-order valence-corrected chi connectivity index (χ2v) is 25.0. The second kappa shape index (κ2) is 56.2. The first-order valence-corrected chi connectivity index (χ1v) is 35.3. The largest absolute Gasteiger partial charge is 0.472 e. The molecule has 474 valence electrons. The number of phosphoric acid groups is 2. The van der Waals surface area contributed by atoms with Crippen molar-refractivity contribution < 1.29 is 80.2 Å². The Kier molecular flexibility index (Phi) is 54.8. The monoisotopic (exact) mass is 1180 g/mol. The maximum Gasteiger partial charge on any atom is 0.472 e. The molecule has 2 unspecified atom stereocenters. The molecule has 0 saturated carbocycles. The molecule has 0 bridgehead atoms. The van der Waals surface area contributed by atoms with Crippen LogP contribution in [0.1, 0.15) is 310 Å². The summed E-state index contributed by atoms with van der Waals surface area (Å²) in [5, 5.41) is 10.5. The van der Waals surface area contributed by atoms with Gasteiger partial charge >= 0.3 is 39.5 Å². The van der Waals surface area contributed by atoms with Crippen molar-refractivity contribution in [2.45, 2.75) is 329 Å². The molecule has 0 amide bonds. The quantitative estimate of drug-likeness (QED) is 0.0222. The number of carbonyl (C=O) groups excluding carboxylic acids is 4. The first-order valence-electron chi connectivity index (χ1n) is 32.3. The topological polar surface area (TPSA) is 237 Å². The molecule has 0 spiro atoms. The molecular formula is C61H118O17P2. The van der Waals surface area contributed by atoms with Gasteiger partial charge in [-0.15, -0.1) is 0 Å². The molecule has 17 nitrogen and oxygen atoms in total. The van der Waals surface area contributed by atoms with Crippen molar-refractivity contribution in [3.05, 3.63) is 0 Å². The molecule has 0 aromatic heterocycles. The third-order valence-corrected chi connectivity index (χ3v) is 16.0. The lowest BCUT2D eigenvalue weighted by molar-refractivity contribution is -0.161. The number of hydrogen-bond donors (Lipinski definition) is 3. The normalized spacial score (nSPS) is 14.2. The van der Waals surface area contributed by atoms with Crippen LogP contribution in [0.4, 0.5) is 0 Å². The van der Waals surface area contributed by atoms with Crippen LogP contribution in [0.2, 0.25) is 0 Å². The highest BCUT2D eigenvalue weighted by molar-refractivity contribution is 7.47. The van der Waals surface area contributed by atoms with Gasteiger partial charge in [-0.2, -0.15) is 0 Å². The highest BCUT2D eigenvalue weighted by atomic mass is 31.2. The maximum absolute atomic E-state index is 12.9. The molecule has 0 aromatic rings. The van der Waals surface area contributed by atoms with Gasteiger partial charge in [-0.1, -0.05) is 259 Å². The number of unbranched alkanes of at least 4 members (excludes halogenated alkanes) is 36. The number of ether oxygens (including phenoxy) is 4. The van der Waals surface area contributed by atoms with Gasteiger partial charge in [0.25, 0.3) is 0 Å². The second-order valence-electron chi connectivity index (χ2n) is 22.1. The van der Waals surface area contributed by atoms with Gasteiger partial charge in [0.1, 0.15) is 19.3 Å². The Hall–Kier alpha value is -1.94. The zero-order valence-corrected chi connectivity index (χ0v) is 52.8. The van der Waals surface area contributed by atoms with Gasteiger partial charge in [0.05, 0.1) is 26.4 Å². The Morgan fingerprint density at radius 1 is 0.300 bits per heavy atom. The Balaban J connectivity index is 5.09. The molecule has 0 saturated heterocycles. The summed E-state index contributed by atoms with van der Waals surface area (Å²) in [5.74, 6) is -2.15. The molecule has 19 heteroatoms. The van der Waals surface area contributed by atoms with Crippen molar-refractivity contribution in [2.75, 3.05) is 39.6 Å². The van der Waals surface area contributed by atoms with Crippen LogP contribution in [0.15, 0.2) is 0 Å². The van der Waals surface area contributed by atoms with E-state index in [9.17, 15) is 43.2 Å². The van der Waals surface area contributed by atoms with Gasteiger partial charge in [-0.25, -0.2) is 9.13 Å². The van der Waals surface area contributed by atoms with Crippen molar-refractivity contribution in [1.29, 1.82) is 0 Å². The Bertz CT molecular complexity index is 1550. The number of esters is 4. The minimum atomic E-state index is -4.94. The van der Waals surface area contributed by atoms with E-state index in [1.54, 1.807) is 0 Å². The first kappa shape index (κ1) is 78.1. The van der Waals surface area contributed by atoms with Crippen LogP contribution in [0.5, 0.6) is 0 Å². The van der Waals surface area contributed by atoms with Crippen LogP contribution in [0.3, 0.4) is 0 Å². The van der Waals surface area contributed by atoms with Gasteiger partial charge in [0.15, 0.2) is 12.2 Å². The van der Waals surface area contributed by atoms with Gasteiger partial charge in [-0.05, 0) is 25.7 Å². The molecule has 3 N–H and O–H groups in total. The average Bonchev–Trinajstić information content (AvgIpc) is 3.43. The fourth-order valence-corrected chi connectivity index (χ4v) is 10.7. The number of aliphatic hydroxyl groups excluding tert-OH is 1. The molecule has 0 aliphatic rings. The van der Waals surface area contributed by atoms with Crippen molar-refractivity contribution >= 4 is 39.5 Å². The Labute approximate surface area is 486 Å². The molecule has 5 atom stereocenters. The molecule has 0 aliphatic carbocycles. The molecule has 0 fully saturated rings. The number of hydrogen-bond acceptors (Lipinski definition) is 15. The highest BCUT2D eigenvalue weighted by Gasteiger charge is 2.30. The van der Waals surface area contributed by atoms with E-state index in [1.807, 2.05) is 0 Å². The van der Waals surface area contributed by atoms with Crippen LogP contribution in [-0.2, 0) is 65.4 Å². The summed E-state index contributed by atoms with van der Waals surface area (Å²) >= 11 is 0. The fourth-order valence-electron chi connectivity index (χ4n) is 9.10. The van der Waals surface area contributed by atoms with E-state index in [0.29, 0.717) is 25.7 Å². The number of rotatable bonds is 62. The molecule has 0 aliphatic heterocycles. The minimum Gasteiger partial charge on any atom is -0.462 e. The van der Waals surface area contributed by atoms with E-state index in [0.717, 1.165) is 103 Å². The molecule has 0 rings (SSSR count). The van der Waals surface area contributed by atoms with Crippen LogP contribution in [0, 0.1) is 0 Å². The third-order valence-electron chi connectivity index (χ3n) is 14.1. The SMILES string of the molecule is CCCCCCCCCCCCCCCCCCCCC(=O)O[C@H](COC(=O)CCCCCCCCCCC)COP(=O)(O)OC[C@@H](O)COP(=O)(O)OC[C@@H](COC(=O)CCCCCCC)OC(=O)CCCCCCCCCC. The van der Waals surface area contributed by atoms with Gasteiger partial charge in [0.2, 0.25) is 0 Å². The van der Waals surface area contributed by atoms with Crippen molar-refractivity contribution in [2.24, 2.45) is 0 Å². The zero-order chi connectivity index (χ0) is 59.1. The molecule has 0 heterocycles. The van der Waals surface area contributed by atoms with Crippen LogP contribution in [-0.4, -0.2) is 96.7 Å². The van der Waals surface area contributed by atoms with E-state index in [1.165, 1.54) is 128 Å². The standard InChI is InChI=1S/C61H118O17P2/c1-5-9-13-17-20-23-24-25-26-27-28-29-30-31-33-36-40-44-48-61(66)78-57(52-72-59(64)46-42-38-35-32-21-18-14-10-6-2)54-76-80(69,70)74-50-55(62)49-73-79(67,68)75-53-56(51-71-58(63)45-41-37-16-12-8-4)77-60(65)47-43-39-34-22-19-15-11-7-3/h55-57,62H,5-54H2,1-4H3,(H,67,68)(H,69,70)/t55-,56+,57+/m0/s1. The lowest BCUT2D eigenvalue weighted by atomic mass is 10.0. The number of aliphatic hydroxyl groups is 1. The smallest absolute Gasteiger partial charge is 0.462 e. The minimum absolute atomic E-state index is 0.104. The summed E-state index contributed by atoms with van der Waals surface area (Å²) in [6, 6.07) is 0. The molecule has 80 heavy (non-hydrogen) atoms. The summed E-state index contributed by atoms with van der Waals surface area (Å²) in [7, 11) is -9.86. The number of phosphoric ester groups is 2. The maximum atomic E-state index is 12.9. The predicted octanol–water partition coefficient (Wildman–Crippen LogP) is 16.8. The van der Waals surface area contributed by atoms with E-state index in [4.69, 9.17) is 37.0 Å². The predicted molar refractivity (Wildman–Crippen MR) is 317 cm³/mol. The van der Waals surface area contributed by atoms with Gasteiger partial charge < -0.3 is 33.8 Å². The Morgan fingerprint density at radius 3 is 0.738 bits per heavy atom. The summed E-state index contributed by atoms with van der Waals surface area (Å²) in [5.41, 5.74) is 0. The average molecular weight is 1190 g/mol. The van der Waals surface area contributed by atoms with E-state index in [-0.39, 0.29) is 25.7 Å². The summed E-state index contributed by atoms with van der Waals surface area (Å²) in [6.07, 6.45) is 40.8. The van der Waals surface area contributed by atoms with E-state index < -0.39 is 97.5 Å². The van der Waals surface area contributed by atoms with Crippen molar-refractivity contribution in [3.63, 3.8) is 0 Å². The number of carbonyl (C=O) groups is 4. The van der Waals surface area contributed by atoms with Crippen molar-refractivity contribution in [1.82, 2.24) is 0 Å². The molecule has 0 radical (unpaired) electrons. The third kappa shape index (κ3) is 55.3. The van der Waals surface area contributed by atoms with Crippen molar-refractivity contribution in [3.8, 4) is 0 Å². The first-order chi connectivity index (χ1) is 38.7. The fraction of sp³-hybridized carbons (Fsp3) is 0.934. The molecular weight excluding hydrogens is 1070 g/mol.